The van der Waals surface area contributed by atoms with Gasteiger partial charge in [0.2, 0.25) is 0 Å². The summed E-state index contributed by atoms with van der Waals surface area (Å²) in [5, 5.41) is 0. The van der Waals surface area contributed by atoms with Crippen molar-refractivity contribution >= 4 is 0 Å². The quantitative estimate of drug-likeness (QED) is 0.563. The molecule has 0 aliphatic rings. The fraction of sp³-hybridized carbons (Fsp3) is 0. The van der Waals surface area contributed by atoms with Crippen LogP contribution in [-0.2, 0) is 16.4 Å². The van der Waals surface area contributed by atoms with Crippen molar-refractivity contribution in [2.75, 3.05) is 0 Å². The topological polar surface area (TPSA) is 85.5 Å². The molecular formula is GdO3Tb. The average Bonchev–Trinajstić information content (AvgIpc) is 0. The fourth-order valence-corrected chi connectivity index (χ4v) is 0. The van der Waals surface area contributed by atoms with Crippen LogP contribution in [0.15, 0.2) is 0 Å². The van der Waals surface area contributed by atoms with Gasteiger partial charge in [-0.1, -0.05) is 0 Å². The molecule has 0 aliphatic carbocycles. The van der Waals surface area contributed by atoms with Crippen molar-refractivity contribution in [1.82, 2.24) is 0 Å². The normalized spacial score (nSPS) is 0. The van der Waals surface area contributed by atoms with Crippen molar-refractivity contribution in [1.29, 1.82) is 0 Å². The first-order chi connectivity index (χ1) is 0. The van der Waals surface area contributed by atoms with Crippen LogP contribution in [0.4, 0.5) is 0 Å². The van der Waals surface area contributed by atoms with E-state index >= 15 is 0 Å². The first-order valence-electron chi connectivity index (χ1n) is 0. The van der Waals surface area contributed by atoms with Crippen molar-refractivity contribution < 1.29 is 95.0 Å². The molecule has 0 rings (SSSR count). The Morgan fingerprint density at radius 3 is 0.600 bits per heavy atom. The van der Waals surface area contributed by atoms with Crippen molar-refractivity contribution in [2.45, 2.75) is 0 Å². The van der Waals surface area contributed by atoms with Gasteiger partial charge in [-0.15, -0.1) is 0 Å². The van der Waals surface area contributed by atoms with E-state index in [0.29, 0.717) is 0 Å². The van der Waals surface area contributed by atoms with Crippen LogP contribution in [0, 0.1) is 78.6 Å². The van der Waals surface area contributed by atoms with Crippen LogP contribution >= 0.6 is 0 Å². The Hall–Kier alpha value is 2.49. The van der Waals surface area contributed by atoms with E-state index in [0.717, 1.165) is 0 Å². The molecule has 0 aliphatic heterocycles. The second-order valence-corrected chi connectivity index (χ2v) is 0. The molecule has 0 aromatic rings. The average molecular weight is 364 g/mol. The van der Waals surface area contributed by atoms with Crippen molar-refractivity contribution in [3.63, 3.8) is 0 Å². The third-order valence-corrected chi connectivity index (χ3v) is 0. The van der Waals surface area contributed by atoms with Gasteiger partial charge >= 0.3 is 78.6 Å². The van der Waals surface area contributed by atoms with Gasteiger partial charge in [0, 0.05) is 0 Å². The molecule has 0 bridgehead atoms. The molecule has 0 N–H and O–H groups in total. The summed E-state index contributed by atoms with van der Waals surface area (Å²) >= 11 is 0. The van der Waals surface area contributed by atoms with Crippen LogP contribution < -0.4 is 0 Å². The summed E-state index contributed by atoms with van der Waals surface area (Å²) in [6.45, 7) is 0. The van der Waals surface area contributed by atoms with E-state index in [4.69, 9.17) is 0 Å². The first-order valence-corrected chi connectivity index (χ1v) is 0. The molecule has 0 amide bonds. The predicted molar refractivity (Wildman–Crippen MR) is 2.06 cm³/mol. The Kier molecular flexibility index (Phi) is 321. The molecule has 0 atom stereocenters. The van der Waals surface area contributed by atoms with Crippen LogP contribution in [0.25, 0.3) is 0 Å². The van der Waals surface area contributed by atoms with Crippen LogP contribution in [-0.4, -0.2) is 0 Å². The van der Waals surface area contributed by atoms with Crippen molar-refractivity contribution in [2.24, 2.45) is 0 Å². The summed E-state index contributed by atoms with van der Waals surface area (Å²) in [6.07, 6.45) is 0. The molecule has 0 unspecified atom stereocenters. The van der Waals surface area contributed by atoms with Crippen LogP contribution in [0.5, 0.6) is 0 Å². The molecule has 0 fully saturated rings. The third kappa shape index (κ3) is 21.1. The smallest absolute Gasteiger partial charge is 2.00 e. The Morgan fingerprint density at radius 2 is 0.600 bits per heavy atom. The number of rotatable bonds is 0. The second-order valence-electron chi connectivity index (χ2n) is 0. The fourth-order valence-electron chi connectivity index (χ4n) is 0. The van der Waals surface area contributed by atoms with E-state index in [1.807, 2.05) is 0 Å². The molecule has 0 heterocycles. The molecule has 0 saturated carbocycles. The van der Waals surface area contributed by atoms with Gasteiger partial charge in [0.1, 0.15) is 0 Å². The molecular weight excluding hydrogens is 364 g/mol. The van der Waals surface area contributed by atoms with Gasteiger partial charge in [-0.05, 0) is 0 Å². The Labute approximate surface area is 92.9 Å². The molecule has 5 heteroatoms. The SMILES string of the molecule is [Gd+3].[O-2].[O-2].[O-2].[Tb+3]. The zero-order valence-corrected chi connectivity index (χ0v) is 6.32. The summed E-state index contributed by atoms with van der Waals surface area (Å²) < 4.78 is 0. The molecule has 0 aromatic heterocycles. The van der Waals surface area contributed by atoms with E-state index in [-0.39, 0.29) is 95.0 Å². The van der Waals surface area contributed by atoms with E-state index in [2.05, 4.69) is 0 Å². The predicted octanol–water partition coefficient (Wildman–Crippen LogP) is -0.356. The summed E-state index contributed by atoms with van der Waals surface area (Å²) in [5.74, 6) is 0. The minimum atomic E-state index is 0. The summed E-state index contributed by atoms with van der Waals surface area (Å²) in [7, 11) is 0. The van der Waals surface area contributed by atoms with Gasteiger partial charge in [-0.3, -0.25) is 0 Å². The maximum atomic E-state index is 0. The zero-order valence-electron chi connectivity index (χ0n) is 1.91. The van der Waals surface area contributed by atoms with Crippen LogP contribution in [0.1, 0.15) is 0 Å². The Bertz CT molecular complexity index is 6.85. The monoisotopic (exact) mass is 365 g/mol. The second kappa shape index (κ2) is 31.5. The summed E-state index contributed by atoms with van der Waals surface area (Å²) in [5.41, 5.74) is 0. The van der Waals surface area contributed by atoms with Crippen molar-refractivity contribution in [3.8, 4) is 0 Å². The van der Waals surface area contributed by atoms with Gasteiger partial charge in [-0.25, -0.2) is 0 Å². The zero-order chi connectivity index (χ0) is 0. The van der Waals surface area contributed by atoms with Gasteiger partial charge in [0.05, 0.1) is 0 Å². The largest absolute Gasteiger partial charge is 3.00 e. The van der Waals surface area contributed by atoms with E-state index < -0.39 is 0 Å². The first kappa shape index (κ1) is 50.9. The molecule has 1 radical (unpaired) electrons. The molecule has 5 heavy (non-hydrogen) atoms. The maximum absolute atomic E-state index is 0. The van der Waals surface area contributed by atoms with Crippen molar-refractivity contribution in [3.05, 3.63) is 0 Å². The van der Waals surface area contributed by atoms with Gasteiger partial charge in [0.15, 0.2) is 0 Å². The molecule has 0 spiro atoms. The Balaban J connectivity index is 0. The molecule has 0 aromatic carbocycles. The van der Waals surface area contributed by atoms with Gasteiger partial charge < -0.3 is 16.4 Å². The molecule has 0 saturated heterocycles. The minimum Gasteiger partial charge on any atom is -2.00 e. The van der Waals surface area contributed by atoms with Crippen LogP contribution in [0.2, 0.25) is 0 Å². The minimum absolute atomic E-state index is 0. The van der Waals surface area contributed by atoms with E-state index in [9.17, 15) is 0 Å². The number of hydrogen-bond donors (Lipinski definition) is 0. The van der Waals surface area contributed by atoms with Gasteiger partial charge in [0.25, 0.3) is 0 Å². The Morgan fingerprint density at radius 1 is 0.600 bits per heavy atom. The van der Waals surface area contributed by atoms with E-state index in [1.54, 1.807) is 0 Å². The number of hydrogen-bond acceptors (Lipinski definition) is 0. The maximum Gasteiger partial charge on any atom is 3.00 e. The molecule has 3 nitrogen and oxygen atoms in total. The summed E-state index contributed by atoms with van der Waals surface area (Å²) in [6, 6.07) is 0. The van der Waals surface area contributed by atoms with Crippen LogP contribution in [0.3, 0.4) is 0 Å². The van der Waals surface area contributed by atoms with E-state index in [1.165, 1.54) is 0 Å². The van der Waals surface area contributed by atoms with Gasteiger partial charge in [-0.2, -0.15) is 0 Å². The summed E-state index contributed by atoms with van der Waals surface area (Å²) in [4.78, 5) is 0. The molecule has 35 valence electrons. The third-order valence-electron chi connectivity index (χ3n) is 0. The standard InChI is InChI=1S/Gd.3O.Tb/q+3;3*-2;+3.